The molecule has 1 saturated heterocycles. The molecule has 1 fully saturated rings. The fraction of sp³-hybridized carbons (Fsp3) is 0.150. The lowest BCUT2D eigenvalue weighted by Crippen LogP contribution is -2.44. The molecule has 1 aliphatic rings. The summed E-state index contributed by atoms with van der Waals surface area (Å²) in [7, 11) is 0. The first-order valence-electron chi connectivity index (χ1n) is 8.50. The average molecular weight is 415 g/mol. The van der Waals surface area contributed by atoms with Crippen molar-refractivity contribution in [1.82, 2.24) is 10.4 Å². The van der Waals surface area contributed by atoms with Crippen LogP contribution in [0.15, 0.2) is 47.4 Å². The van der Waals surface area contributed by atoms with Crippen LogP contribution in [0.25, 0.3) is 6.08 Å². The van der Waals surface area contributed by atoms with E-state index in [1.165, 1.54) is 6.07 Å². The summed E-state index contributed by atoms with van der Waals surface area (Å²) in [5.74, 6) is -0.473. The molecule has 28 heavy (non-hydrogen) atoms. The molecule has 0 bridgehead atoms. The van der Waals surface area contributed by atoms with Crippen LogP contribution in [0.4, 0.5) is 0 Å². The predicted octanol–water partition coefficient (Wildman–Crippen LogP) is 3.65. The van der Waals surface area contributed by atoms with E-state index in [0.717, 1.165) is 22.3 Å². The number of aryl methyl sites for hydroxylation is 1. The van der Waals surface area contributed by atoms with E-state index in [0.29, 0.717) is 28.4 Å². The maximum atomic E-state index is 12.7. The summed E-state index contributed by atoms with van der Waals surface area (Å²) in [6.45, 7) is 4.15. The first-order chi connectivity index (χ1) is 13.4. The molecule has 2 amide bonds. The van der Waals surface area contributed by atoms with Crippen LogP contribution in [0.3, 0.4) is 0 Å². The number of carbonyl (C=O) groups excluding carboxylic acids is 2. The second-order valence-corrected chi connectivity index (χ2v) is 7.66. The van der Waals surface area contributed by atoms with E-state index in [4.69, 9.17) is 17.0 Å². The van der Waals surface area contributed by atoms with E-state index in [1.54, 1.807) is 30.3 Å². The molecule has 0 unspecified atom stereocenters. The second kappa shape index (κ2) is 8.45. The number of nitrogens with zero attached hydrogens (tertiary/aromatic N) is 1. The zero-order valence-electron chi connectivity index (χ0n) is 15.3. The molecule has 0 atom stereocenters. The summed E-state index contributed by atoms with van der Waals surface area (Å²) >= 11 is 6.33. The van der Waals surface area contributed by atoms with E-state index < -0.39 is 11.8 Å². The number of nitrogens with one attached hydrogen (secondary N) is 1. The van der Waals surface area contributed by atoms with Crippen molar-refractivity contribution >= 4 is 46.2 Å². The van der Waals surface area contributed by atoms with Gasteiger partial charge in [-0.25, -0.2) is 0 Å². The first kappa shape index (κ1) is 19.9. The highest BCUT2D eigenvalue weighted by Gasteiger charge is 2.33. The van der Waals surface area contributed by atoms with E-state index in [2.05, 4.69) is 5.43 Å². The van der Waals surface area contributed by atoms with Gasteiger partial charge in [-0.3, -0.25) is 15.0 Å². The molecule has 8 heteroatoms. The Labute approximate surface area is 172 Å². The number of phenolic OH excluding ortho intramolecular Hbond substituents is 1. The Morgan fingerprint density at radius 2 is 2.00 bits per heavy atom. The third kappa shape index (κ3) is 4.35. The smallest absolute Gasteiger partial charge is 0.285 e. The van der Waals surface area contributed by atoms with Crippen molar-refractivity contribution in [2.75, 3.05) is 6.61 Å². The van der Waals surface area contributed by atoms with Gasteiger partial charge < -0.3 is 9.84 Å². The molecule has 2 aromatic rings. The van der Waals surface area contributed by atoms with Gasteiger partial charge in [0.15, 0.2) is 15.8 Å². The Morgan fingerprint density at radius 3 is 2.68 bits per heavy atom. The van der Waals surface area contributed by atoms with Gasteiger partial charge in [-0.15, -0.1) is 0 Å². The molecule has 0 saturated carbocycles. The van der Waals surface area contributed by atoms with Crippen molar-refractivity contribution in [3.8, 4) is 11.5 Å². The monoisotopic (exact) mass is 414 g/mol. The molecule has 1 heterocycles. The van der Waals surface area contributed by atoms with Crippen molar-refractivity contribution in [3.63, 3.8) is 0 Å². The molecule has 1 aliphatic heterocycles. The third-order valence-corrected chi connectivity index (χ3v) is 5.20. The molecule has 6 nitrogen and oxygen atoms in total. The van der Waals surface area contributed by atoms with Crippen molar-refractivity contribution in [2.45, 2.75) is 13.8 Å². The molecule has 144 valence electrons. The van der Waals surface area contributed by atoms with Crippen molar-refractivity contribution in [2.24, 2.45) is 0 Å². The Kier molecular flexibility index (Phi) is 6.01. The van der Waals surface area contributed by atoms with Gasteiger partial charge >= 0.3 is 0 Å². The highest BCUT2D eigenvalue weighted by molar-refractivity contribution is 8.26. The van der Waals surface area contributed by atoms with Gasteiger partial charge in [-0.2, -0.15) is 5.01 Å². The number of thioether (sulfide) groups is 1. The number of ether oxygens (including phenoxy) is 1. The van der Waals surface area contributed by atoms with Crippen LogP contribution in [-0.2, 0) is 4.79 Å². The number of aromatic hydroxyl groups is 1. The van der Waals surface area contributed by atoms with E-state index in [-0.39, 0.29) is 10.1 Å². The largest absolute Gasteiger partial charge is 0.504 e. The normalized spacial score (nSPS) is 15.2. The standard InChI is InChI=1S/C20H18N2O4S2/c1-3-26-16-10-13(6-9-15(16)23)11-17-19(25)22(20(27)28-17)21-18(24)14-7-4-12(2)5-8-14/h4-11,23H,3H2,1-2H3,(H,21,24)/b17-11-. The molecule has 0 spiro atoms. The van der Waals surface area contributed by atoms with Crippen LogP contribution < -0.4 is 10.2 Å². The summed E-state index contributed by atoms with van der Waals surface area (Å²) in [4.78, 5) is 25.4. The van der Waals surface area contributed by atoms with E-state index >= 15 is 0 Å². The summed E-state index contributed by atoms with van der Waals surface area (Å²) in [6, 6.07) is 11.8. The van der Waals surface area contributed by atoms with Gasteiger partial charge in [0.1, 0.15) is 0 Å². The number of amides is 2. The van der Waals surface area contributed by atoms with E-state index in [9.17, 15) is 14.7 Å². The Bertz CT molecular complexity index is 971. The number of carbonyl (C=O) groups is 2. The Balaban J connectivity index is 1.77. The number of hydrogen-bond donors (Lipinski definition) is 2. The van der Waals surface area contributed by atoms with Gasteiger partial charge in [-0.1, -0.05) is 35.5 Å². The van der Waals surface area contributed by atoms with Crippen LogP contribution in [-0.4, -0.2) is 32.9 Å². The first-order valence-corrected chi connectivity index (χ1v) is 9.73. The van der Waals surface area contributed by atoms with Crippen LogP contribution in [0.2, 0.25) is 0 Å². The minimum Gasteiger partial charge on any atom is -0.504 e. The minimum atomic E-state index is -0.416. The number of benzene rings is 2. The predicted molar refractivity (Wildman–Crippen MR) is 113 cm³/mol. The quantitative estimate of drug-likeness (QED) is 0.574. The molecule has 0 aliphatic carbocycles. The van der Waals surface area contributed by atoms with Crippen LogP contribution in [0, 0.1) is 6.92 Å². The summed E-state index contributed by atoms with van der Waals surface area (Å²) in [5, 5.41) is 10.9. The van der Waals surface area contributed by atoms with Crippen LogP contribution in [0.1, 0.15) is 28.4 Å². The highest BCUT2D eigenvalue weighted by Crippen LogP contribution is 2.33. The van der Waals surface area contributed by atoms with E-state index in [1.807, 2.05) is 26.0 Å². The van der Waals surface area contributed by atoms with Crippen LogP contribution in [0.5, 0.6) is 11.5 Å². The molecule has 2 aromatic carbocycles. The minimum absolute atomic E-state index is 0.0249. The zero-order valence-corrected chi connectivity index (χ0v) is 16.9. The summed E-state index contributed by atoms with van der Waals surface area (Å²) < 4.78 is 5.59. The highest BCUT2D eigenvalue weighted by atomic mass is 32.2. The van der Waals surface area contributed by atoms with Gasteiger partial charge in [0.05, 0.1) is 11.5 Å². The van der Waals surface area contributed by atoms with Crippen molar-refractivity contribution in [3.05, 3.63) is 64.1 Å². The summed E-state index contributed by atoms with van der Waals surface area (Å²) in [5.41, 5.74) is 4.69. The number of phenols is 1. The second-order valence-electron chi connectivity index (χ2n) is 5.98. The molecule has 2 N–H and O–H groups in total. The number of hydrogen-bond acceptors (Lipinski definition) is 6. The van der Waals surface area contributed by atoms with Crippen molar-refractivity contribution < 1.29 is 19.4 Å². The van der Waals surface area contributed by atoms with Gasteiger partial charge in [0.2, 0.25) is 0 Å². The van der Waals surface area contributed by atoms with Gasteiger partial charge in [0.25, 0.3) is 11.8 Å². The molecular weight excluding hydrogens is 396 g/mol. The lowest BCUT2D eigenvalue weighted by atomic mass is 10.1. The molecule has 0 radical (unpaired) electrons. The lowest BCUT2D eigenvalue weighted by Gasteiger charge is -2.15. The molecular formula is C20H18N2O4S2. The van der Waals surface area contributed by atoms with Gasteiger partial charge in [0, 0.05) is 5.56 Å². The molecule has 0 aromatic heterocycles. The Hall–Kier alpha value is -2.84. The fourth-order valence-electron chi connectivity index (χ4n) is 2.48. The average Bonchev–Trinajstić information content (AvgIpc) is 2.92. The summed E-state index contributed by atoms with van der Waals surface area (Å²) in [6.07, 6.45) is 1.64. The number of thiocarbonyl (C=S) groups is 1. The van der Waals surface area contributed by atoms with Crippen molar-refractivity contribution in [1.29, 1.82) is 0 Å². The lowest BCUT2D eigenvalue weighted by molar-refractivity contribution is -0.123. The maximum absolute atomic E-state index is 12.7. The Morgan fingerprint density at radius 1 is 1.29 bits per heavy atom. The van der Waals surface area contributed by atoms with Crippen LogP contribution >= 0.6 is 24.0 Å². The topological polar surface area (TPSA) is 78.9 Å². The number of hydrazine groups is 1. The maximum Gasteiger partial charge on any atom is 0.285 e. The fourth-order valence-corrected chi connectivity index (χ4v) is 3.66. The SMILES string of the molecule is CCOc1cc(/C=C2\SC(=S)N(NC(=O)c3ccc(C)cc3)C2=O)ccc1O. The zero-order chi connectivity index (χ0) is 20.3. The third-order valence-electron chi connectivity index (χ3n) is 3.90. The van der Waals surface area contributed by atoms with Gasteiger partial charge in [-0.05, 0) is 62.0 Å². The number of rotatable bonds is 5. The molecule has 3 rings (SSSR count).